The number of nitrogens with one attached hydrogen (secondary N) is 1. The van der Waals surface area contributed by atoms with E-state index in [1.165, 1.54) is 0 Å². The van der Waals surface area contributed by atoms with Crippen LogP contribution in [0.2, 0.25) is 0 Å². The second-order valence-electron chi connectivity index (χ2n) is 5.83. The molecule has 0 fully saturated rings. The third kappa shape index (κ3) is 2.55. The molecule has 0 atom stereocenters. The maximum absolute atomic E-state index is 5.82. The number of hydrogen-bond acceptors (Lipinski definition) is 4. The third-order valence-electron chi connectivity index (χ3n) is 3.83. The Morgan fingerprint density at radius 2 is 2.17 bits per heavy atom. The first kappa shape index (κ1) is 14.4. The first-order valence-corrected chi connectivity index (χ1v) is 8.33. The van der Waals surface area contributed by atoms with Gasteiger partial charge in [0.05, 0.1) is 12.1 Å². The van der Waals surface area contributed by atoms with Crippen LogP contribution in [0.4, 0.5) is 0 Å². The van der Waals surface area contributed by atoms with E-state index in [1.54, 1.807) is 0 Å². The van der Waals surface area contributed by atoms with Crippen LogP contribution in [0.25, 0.3) is 22.9 Å². The average molecular weight is 374 g/mol. The van der Waals surface area contributed by atoms with E-state index in [9.17, 15) is 0 Å². The molecule has 3 aromatic rings. The molecule has 1 aromatic carbocycles. The topological polar surface area (TPSA) is 68.6 Å². The number of nitrogens with zero attached hydrogens (tertiary/aromatic N) is 4. The van der Waals surface area contributed by atoms with Gasteiger partial charge in [0.2, 0.25) is 5.82 Å². The molecule has 1 aliphatic heterocycles. The zero-order valence-corrected chi connectivity index (χ0v) is 14.5. The molecule has 23 heavy (non-hydrogen) atoms. The molecular formula is C16H16BrN5O. The van der Waals surface area contributed by atoms with Gasteiger partial charge < -0.3 is 9.30 Å². The lowest BCUT2D eigenvalue weighted by Crippen LogP contribution is -2.04. The second kappa shape index (κ2) is 5.49. The highest BCUT2D eigenvalue weighted by Gasteiger charge is 2.20. The van der Waals surface area contributed by atoms with E-state index in [-0.39, 0.29) is 0 Å². The number of fused-ring (bicyclic) bond motifs is 3. The Hall–Kier alpha value is -2.15. The zero-order chi connectivity index (χ0) is 16.0. The molecule has 0 saturated heterocycles. The zero-order valence-electron chi connectivity index (χ0n) is 12.9. The fourth-order valence-electron chi connectivity index (χ4n) is 2.61. The van der Waals surface area contributed by atoms with Gasteiger partial charge in [0.1, 0.15) is 29.7 Å². The molecule has 0 radical (unpaired) electrons. The quantitative estimate of drug-likeness (QED) is 0.744. The van der Waals surface area contributed by atoms with Gasteiger partial charge in [0.25, 0.3) is 0 Å². The van der Waals surface area contributed by atoms with E-state index < -0.39 is 0 Å². The van der Waals surface area contributed by atoms with Crippen molar-refractivity contribution >= 4 is 15.9 Å². The highest BCUT2D eigenvalue weighted by Crippen LogP contribution is 2.35. The third-order valence-corrected chi connectivity index (χ3v) is 4.32. The van der Waals surface area contributed by atoms with E-state index >= 15 is 0 Å². The van der Waals surface area contributed by atoms with Crippen molar-refractivity contribution in [2.24, 2.45) is 0 Å². The summed E-state index contributed by atoms with van der Waals surface area (Å²) in [5.41, 5.74) is 1.76. The summed E-state index contributed by atoms with van der Waals surface area (Å²) in [7, 11) is 0. The number of benzene rings is 1. The number of rotatable bonds is 2. The molecule has 1 N–H and O–H groups in total. The van der Waals surface area contributed by atoms with E-state index in [4.69, 9.17) is 9.72 Å². The predicted molar refractivity (Wildman–Crippen MR) is 90.3 cm³/mol. The smallest absolute Gasteiger partial charge is 0.201 e. The van der Waals surface area contributed by atoms with E-state index in [0.29, 0.717) is 18.3 Å². The van der Waals surface area contributed by atoms with Crippen LogP contribution < -0.4 is 4.74 Å². The van der Waals surface area contributed by atoms with Crippen molar-refractivity contribution in [3.05, 3.63) is 34.7 Å². The number of imidazole rings is 1. The standard InChI is InChI=1S/C16H16BrN5O/c1-9(2)14-19-15(21-20-14)12-8-22-5-6-23-13-7-10(17)3-4-11(13)16(22)18-12/h3-4,7-9H,5-6H2,1-2H3,(H,19,20,21). The van der Waals surface area contributed by atoms with Crippen molar-refractivity contribution in [3.63, 3.8) is 0 Å². The van der Waals surface area contributed by atoms with Crippen molar-refractivity contribution in [1.29, 1.82) is 0 Å². The molecule has 4 rings (SSSR count). The summed E-state index contributed by atoms with van der Waals surface area (Å²) in [6, 6.07) is 5.99. The highest BCUT2D eigenvalue weighted by atomic mass is 79.9. The van der Waals surface area contributed by atoms with Gasteiger partial charge in [-0.2, -0.15) is 5.10 Å². The Labute approximate surface area is 142 Å². The Bertz CT molecular complexity index is 867. The molecule has 3 heterocycles. The Morgan fingerprint density at radius 3 is 2.96 bits per heavy atom. The summed E-state index contributed by atoms with van der Waals surface area (Å²) in [6.45, 7) is 5.52. The van der Waals surface area contributed by atoms with Crippen LogP contribution in [0.3, 0.4) is 0 Å². The van der Waals surface area contributed by atoms with Crippen LogP contribution in [0.1, 0.15) is 25.6 Å². The molecule has 6 nitrogen and oxygen atoms in total. The summed E-state index contributed by atoms with van der Waals surface area (Å²) >= 11 is 3.48. The summed E-state index contributed by atoms with van der Waals surface area (Å²) < 4.78 is 8.91. The normalized spacial score (nSPS) is 13.4. The van der Waals surface area contributed by atoms with Gasteiger partial charge in [-0.15, -0.1) is 0 Å². The number of hydrogen-bond donors (Lipinski definition) is 1. The van der Waals surface area contributed by atoms with Crippen LogP contribution in [-0.2, 0) is 6.54 Å². The minimum absolute atomic E-state index is 0.308. The molecule has 7 heteroatoms. The number of halogens is 1. The molecular weight excluding hydrogens is 358 g/mol. The molecule has 0 aliphatic carbocycles. The number of aromatic amines is 1. The predicted octanol–water partition coefficient (Wildman–Crippen LogP) is 3.61. The Kier molecular flexibility index (Phi) is 3.45. The van der Waals surface area contributed by atoms with Crippen LogP contribution >= 0.6 is 15.9 Å². The van der Waals surface area contributed by atoms with Crippen LogP contribution in [0.5, 0.6) is 5.75 Å². The van der Waals surface area contributed by atoms with Crippen molar-refractivity contribution < 1.29 is 4.74 Å². The summed E-state index contributed by atoms with van der Waals surface area (Å²) in [5.74, 6) is 3.54. The molecule has 0 bridgehead atoms. The number of H-pyrrole nitrogens is 1. The highest BCUT2D eigenvalue weighted by molar-refractivity contribution is 9.10. The van der Waals surface area contributed by atoms with Gasteiger partial charge >= 0.3 is 0 Å². The van der Waals surface area contributed by atoms with Gasteiger partial charge in [-0.1, -0.05) is 29.8 Å². The van der Waals surface area contributed by atoms with Crippen molar-refractivity contribution in [3.8, 4) is 28.7 Å². The molecule has 1 aliphatic rings. The lowest BCUT2D eigenvalue weighted by atomic mass is 10.2. The van der Waals surface area contributed by atoms with Gasteiger partial charge in [0.15, 0.2) is 0 Å². The average Bonchev–Trinajstić information content (AvgIpc) is 3.12. The number of aromatic nitrogens is 5. The monoisotopic (exact) mass is 373 g/mol. The van der Waals surface area contributed by atoms with Gasteiger partial charge in [0, 0.05) is 16.6 Å². The molecule has 118 valence electrons. The first-order chi connectivity index (χ1) is 11.1. The molecule has 2 aromatic heterocycles. The molecule has 0 amide bonds. The Balaban J connectivity index is 1.80. The first-order valence-electron chi connectivity index (χ1n) is 7.54. The lowest BCUT2D eigenvalue weighted by Gasteiger charge is -2.06. The Morgan fingerprint density at radius 1 is 1.30 bits per heavy atom. The van der Waals surface area contributed by atoms with Gasteiger partial charge in [-0.3, -0.25) is 5.10 Å². The molecule has 0 saturated carbocycles. The molecule has 0 spiro atoms. The van der Waals surface area contributed by atoms with Crippen molar-refractivity contribution in [2.75, 3.05) is 6.61 Å². The summed E-state index contributed by atoms with van der Waals surface area (Å²) in [4.78, 5) is 9.28. The summed E-state index contributed by atoms with van der Waals surface area (Å²) in [6.07, 6.45) is 1.99. The van der Waals surface area contributed by atoms with E-state index in [0.717, 1.165) is 39.7 Å². The van der Waals surface area contributed by atoms with E-state index in [1.807, 2.05) is 24.4 Å². The fraction of sp³-hybridized carbons (Fsp3) is 0.312. The second-order valence-corrected chi connectivity index (χ2v) is 6.75. The lowest BCUT2D eigenvalue weighted by molar-refractivity contribution is 0.306. The van der Waals surface area contributed by atoms with Gasteiger partial charge in [-0.25, -0.2) is 9.97 Å². The van der Waals surface area contributed by atoms with E-state index in [2.05, 4.69) is 49.5 Å². The van der Waals surface area contributed by atoms with Crippen LogP contribution in [-0.4, -0.2) is 31.3 Å². The fourth-order valence-corrected chi connectivity index (χ4v) is 2.95. The maximum Gasteiger partial charge on any atom is 0.201 e. The summed E-state index contributed by atoms with van der Waals surface area (Å²) in [5, 5.41) is 7.28. The minimum atomic E-state index is 0.308. The maximum atomic E-state index is 5.82. The van der Waals surface area contributed by atoms with Crippen LogP contribution in [0.15, 0.2) is 28.9 Å². The van der Waals surface area contributed by atoms with Gasteiger partial charge in [-0.05, 0) is 18.2 Å². The minimum Gasteiger partial charge on any atom is -0.491 e. The van der Waals surface area contributed by atoms with Crippen molar-refractivity contribution in [1.82, 2.24) is 24.7 Å². The number of ether oxygens (including phenoxy) is 1. The molecule has 0 unspecified atom stereocenters. The van der Waals surface area contributed by atoms with Crippen molar-refractivity contribution in [2.45, 2.75) is 26.3 Å². The van der Waals surface area contributed by atoms with Crippen LogP contribution in [0, 0.1) is 0 Å². The SMILES string of the molecule is CC(C)c1nc(-c2cn3c(n2)-c2ccc(Br)cc2OCC3)n[nH]1. The largest absolute Gasteiger partial charge is 0.491 e.